The van der Waals surface area contributed by atoms with Crippen LogP contribution in [0.3, 0.4) is 0 Å². The van der Waals surface area contributed by atoms with E-state index in [1.807, 2.05) is 18.8 Å². The van der Waals surface area contributed by atoms with Crippen molar-refractivity contribution in [3.05, 3.63) is 35.6 Å². The number of hydrogen-bond acceptors (Lipinski definition) is 4. The lowest BCUT2D eigenvalue weighted by molar-refractivity contribution is 0.00839. The number of nitrogens with zero attached hydrogens (tertiary/aromatic N) is 1. The molecule has 2 unspecified atom stereocenters. The molecule has 1 N–H and O–H groups in total. The maximum absolute atomic E-state index is 13.4. The lowest BCUT2D eigenvalue weighted by atomic mass is 10.2. The lowest BCUT2D eigenvalue weighted by Crippen LogP contribution is -2.39. The third kappa shape index (κ3) is 4.74. The van der Waals surface area contributed by atoms with E-state index in [-0.39, 0.29) is 19.0 Å². The van der Waals surface area contributed by atoms with E-state index in [4.69, 9.17) is 4.74 Å². The second-order valence-corrected chi connectivity index (χ2v) is 6.37. The van der Waals surface area contributed by atoms with Crippen molar-refractivity contribution in [3.63, 3.8) is 0 Å². The Morgan fingerprint density at radius 1 is 1.50 bits per heavy atom. The molecule has 2 atom stereocenters. The number of halogens is 1. The standard InChI is InChI=1S/C15H22FNO2S/c1-17(13-6-7-20-11-13)8-14(18)10-19-9-12-4-2-3-5-15(12)16/h2-5,13-14,18H,6-11H2,1H3. The first-order valence-electron chi connectivity index (χ1n) is 6.94. The van der Waals surface area contributed by atoms with Gasteiger partial charge in [0.1, 0.15) is 5.82 Å². The topological polar surface area (TPSA) is 32.7 Å². The van der Waals surface area contributed by atoms with Gasteiger partial charge in [0.25, 0.3) is 0 Å². The molecule has 2 rings (SSSR count). The Kier molecular flexibility index (Phi) is 6.29. The average molecular weight is 299 g/mol. The summed E-state index contributed by atoms with van der Waals surface area (Å²) in [6.45, 7) is 1.04. The van der Waals surface area contributed by atoms with Gasteiger partial charge in [-0.1, -0.05) is 18.2 Å². The minimum Gasteiger partial charge on any atom is -0.389 e. The zero-order chi connectivity index (χ0) is 14.4. The van der Waals surface area contributed by atoms with Crippen molar-refractivity contribution in [3.8, 4) is 0 Å². The summed E-state index contributed by atoms with van der Waals surface area (Å²) in [5.41, 5.74) is 0.528. The average Bonchev–Trinajstić information content (AvgIpc) is 2.95. The maximum Gasteiger partial charge on any atom is 0.128 e. The van der Waals surface area contributed by atoms with Crippen molar-refractivity contribution in [1.29, 1.82) is 0 Å². The molecule has 20 heavy (non-hydrogen) atoms. The molecule has 1 fully saturated rings. The fourth-order valence-corrected chi connectivity index (χ4v) is 3.62. The lowest BCUT2D eigenvalue weighted by Gasteiger charge is -2.25. The fourth-order valence-electron chi connectivity index (χ4n) is 2.32. The van der Waals surface area contributed by atoms with Crippen LogP contribution in [0.2, 0.25) is 0 Å². The molecule has 112 valence electrons. The first kappa shape index (κ1) is 15.8. The summed E-state index contributed by atoms with van der Waals surface area (Å²) in [6.07, 6.45) is 0.654. The van der Waals surface area contributed by atoms with E-state index in [2.05, 4.69) is 4.90 Å². The molecule has 1 aromatic carbocycles. The highest BCUT2D eigenvalue weighted by Gasteiger charge is 2.21. The Bertz CT molecular complexity index is 413. The van der Waals surface area contributed by atoms with Gasteiger partial charge in [0, 0.05) is 23.9 Å². The number of rotatable bonds is 7. The number of benzene rings is 1. The molecular formula is C15H22FNO2S. The van der Waals surface area contributed by atoms with Crippen LogP contribution in [-0.2, 0) is 11.3 Å². The van der Waals surface area contributed by atoms with Gasteiger partial charge >= 0.3 is 0 Å². The largest absolute Gasteiger partial charge is 0.389 e. The van der Waals surface area contributed by atoms with Gasteiger partial charge in [-0.3, -0.25) is 4.90 Å². The molecule has 0 saturated carbocycles. The molecule has 5 heteroatoms. The van der Waals surface area contributed by atoms with Crippen molar-refractivity contribution in [2.75, 3.05) is 31.7 Å². The normalized spacial score (nSPS) is 20.5. The van der Waals surface area contributed by atoms with Gasteiger partial charge in [-0.05, 0) is 25.3 Å². The van der Waals surface area contributed by atoms with Crippen LogP contribution in [0.1, 0.15) is 12.0 Å². The van der Waals surface area contributed by atoms with E-state index >= 15 is 0 Å². The molecule has 0 bridgehead atoms. The number of ether oxygens (including phenoxy) is 1. The van der Waals surface area contributed by atoms with Crippen LogP contribution in [0.25, 0.3) is 0 Å². The summed E-state index contributed by atoms with van der Waals surface area (Å²) in [6, 6.07) is 7.11. The Labute approximate surface area is 124 Å². The van der Waals surface area contributed by atoms with Crippen LogP contribution in [0, 0.1) is 5.82 Å². The van der Waals surface area contributed by atoms with Gasteiger partial charge < -0.3 is 9.84 Å². The molecule has 0 amide bonds. The SMILES string of the molecule is CN(CC(O)COCc1ccccc1F)C1CCSC1. The summed E-state index contributed by atoms with van der Waals surface area (Å²) in [7, 11) is 2.04. The molecule has 1 aliphatic rings. The highest BCUT2D eigenvalue weighted by molar-refractivity contribution is 7.99. The summed E-state index contributed by atoms with van der Waals surface area (Å²) in [5.74, 6) is 2.08. The van der Waals surface area contributed by atoms with Gasteiger partial charge in [0.05, 0.1) is 19.3 Å². The molecule has 0 aliphatic carbocycles. The first-order valence-corrected chi connectivity index (χ1v) is 8.09. The van der Waals surface area contributed by atoms with Gasteiger partial charge in [0.15, 0.2) is 0 Å². The molecule has 0 aromatic heterocycles. The maximum atomic E-state index is 13.4. The van der Waals surface area contributed by atoms with Crippen LogP contribution in [0.15, 0.2) is 24.3 Å². The zero-order valence-electron chi connectivity index (χ0n) is 11.8. The van der Waals surface area contributed by atoms with Gasteiger partial charge in [0.2, 0.25) is 0 Å². The minimum atomic E-state index is -0.530. The van der Waals surface area contributed by atoms with Gasteiger partial charge in [-0.15, -0.1) is 0 Å². The molecule has 3 nitrogen and oxygen atoms in total. The van der Waals surface area contributed by atoms with Crippen LogP contribution in [0.5, 0.6) is 0 Å². The number of thioether (sulfide) groups is 1. The van der Waals surface area contributed by atoms with E-state index in [9.17, 15) is 9.50 Å². The van der Waals surface area contributed by atoms with Crippen molar-refractivity contribution in [1.82, 2.24) is 4.90 Å². The Morgan fingerprint density at radius 3 is 3.00 bits per heavy atom. The highest BCUT2D eigenvalue weighted by Crippen LogP contribution is 2.21. The third-order valence-corrected chi connectivity index (χ3v) is 4.70. The molecule has 1 saturated heterocycles. The second kappa shape index (κ2) is 7.98. The highest BCUT2D eigenvalue weighted by atomic mass is 32.2. The fraction of sp³-hybridized carbons (Fsp3) is 0.600. The quantitative estimate of drug-likeness (QED) is 0.836. The Balaban J connectivity index is 1.67. The first-order chi connectivity index (χ1) is 9.66. The van der Waals surface area contributed by atoms with E-state index in [0.29, 0.717) is 18.2 Å². The summed E-state index contributed by atoms with van der Waals surface area (Å²) in [5, 5.41) is 9.96. The summed E-state index contributed by atoms with van der Waals surface area (Å²) < 4.78 is 18.8. The Morgan fingerprint density at radius 2 is 2.30 bits per heavy atom. The molecule has 1 heterocycles. The van der Waals surface area contributed by atoms with Gasteiger partial charge in [-0.25, -0.2) is 4.39 Å². The van der Waals surface area contributed by atoms with E-state index in [1.165, 1.54) is 18.2 Å². The Hall–Kier alpha value is -0.620. The van der Waals surface area contributed by atoms with Crippen LogP contribution in [-0.4, -0.2) is 53.9 Å². The molecule has 0 radical (unpaired) electrons. The van der Waals surface area contributed by atoms with E-state index < -0.39 is 6.10 Å². The summed E-state index contributed by atoms with van der Waals surface area (Å²) >= 11 is 1.96. The summed E-state index contributed by atoms with van der Waals surface area (Å²) in [4.78, 5) is 2.19. The van der Waals surface area contributed by atoms with Crippen molar-refractivity contribution < 1.29 is 14.2 Å². The predicted octanol–water partition coefficient (Wildman–Crippen LogP) is 2.14. The monoisotopic (exact) mass is 299 g/mol. The number of aliphatic hydroxyl groups is 1. The number of aliphatic hydroxyl groups excluding tert-OH is 1. The third-order valence-electron chi connectivity index (χ3n) is 3.55. The van der Waals surface area contributed by atoms with Gasteiger partial charge in [-0.2, -0.15) is 11.8 Å². The molecular weight excluding hydrogens is 277 g/mol. The smallest absolute Gasteiger partial charge is 0.128 e. The van der Waals surface area contributed by atoms with Crippen molar-refractivity contribution in [2.45, 2.75) is 25.2 Å². The van der Waals surface area contributed by atoms with Crippen LogP contribution >= 0.6 is 11.8 Å². The van der Waals surface area contributed by atoms with E-state index in [0.717, 1.165) is 5.75 Å². The van der Waals surface area contributed by atoms with Crippen molar-refractivity contribution >= 4 is 11.8 Å². The number of hydrogen-bond donors (Lipinski definition) is 1. The molecule has 0 spiro atoms. The van der Waals surface area contributed by atoms with E-state index in [1.54, 1.807) is 18.2 Å². The zero-order valence-corrected chi connectivity index (χ0v) is 12.6. The predicted molar refractivity (Wildman–Crippen MR) is 80.4 cm³/mol. The minimum absolute atomic E-state index is 0.201. The van der Waals surface area contributed by atoms with Crippen molar-refractivity contribution in [2.24, 2.45) is 0 Å². The van der Waals surface area contributed by atoms with Crippen LogP contribution < -0.4 is 0 Å². The molecule has 1 aromatic rings. The molecule has 1 aliphatic heterocycles. The second-order valence-electron chi connectivity index (χ2n) is 5.22. The van der Waals surface area contributed by atoms with Crippen LogP contribution in [0.4, 0.5) is 4.39 Å². The number of likely N-dealkylation sites (N-methyl/N-ethyl adjacent to an activating group) is 1.